The molecule has 0 saturated carbocycles. The SMILES string of the molecule is N#Cc1cccc(-c2cc3nc(Cc4c(F)cccc4CN4CCC(c5nn[nH]n5)C4)nn3c(N)n2)c1F. The number of fused-ring (bicyclic) bond motifs is 1. The largest absolute Gasteiger partial charge is 0.368 e. The van der Waals surface area contributed by atoms with Crippen LogP contribution in [0.15, 0.2) is 42.5 Å². The number of rotatable bonds is 6. The lowest BCUT2D eigenvalue weighted by atomic mass is 10.0. The average Bonchev–Trinajstić information content (AvgIpc) is 3.67. The van der Waals surface area contributed by atoms with Gasteiger partial charge >= 0.3 is 0 Å². The highest BCUT2D eigenvalue weighted by molar-refractivity contribution is 5.67. The molecule has 11 nitrogen and oxygen atoms in total. The van der Waals surface area contributed by atoms with E-state index in [4.69, 9.17) is 11.0 Å². The first-order valence-electron chi connectivity index (χ1n) is 11.9. The molecule has 13 heteroatoms. The molecule has 38 heavy (non-hydrogen) atoms. The number of halogens is 2. The zero-order valence-corrected chi connectivity index (χ0v) is 20.0. The maximum Gasteiger partial charge on any atom is 0.223 e. The lowest BCUT2D eigenvalue weighted by Crippen LogP contribution is -2.21. The van der Waals surface area contributed by atoms with Crippen LogP contribution < -0.4 is 5.73 Å². The van der Waals surface area contributed by atoms with Gasteiger partial charge in [0.15, 0.2) is 17.3 Å². The maximum absolute atomic E-state index is 15.0. The van der Waals surface area contributed by atoms with Gasteiger partial charge in [-0.15, -0.1) is 15.3 Å². The zero-order valence-electron chi connectivity index (χ0n) is 20.0. The van der Waals surface area contributed by atoms with Crippen molar-refractivity contribution < 1.29 is 8.78 Å². The van der Waals surface area contributed by atoms with Gasteiger partial charge in [-0.05, 0) is 42.3 Å². The van der Waals surface area contributed by atoms with Crippen molar-refractivity contribution in [2.24, 2.45) is 0 Å². The Morgan fingerprint density at radius 3 is 2.84 bits per heavy atom. The predicted molar refractivity (Wildman–Crippen MR) is 131 cm³/mol. The van der Waals surface area contributed by atoms with Crippen LogP contribution in [0.5, 0.6) is 0 Å². The molecule has 3 N–H and O–H groups in total. The number of aromatic nitrogens is 8. The van der Waals surface area contributed by atoms with E-state index in [1.165, 1.54) is 28.8 Å². The van der Waals surface area contributed by atoms with E-state index in [9.17, 15) is 4.39 Å². The van der Waals surface area contributed by atoms with E-state index in [1.807, 2.05) is 12.1 Å². The quantitative estimate of drug-likeness (QED) is 0.349. The summed E-state index contributed by atoms with van der Waals surface area (Å²) in [6.07, 6.45) is 1.03. The van der Waals surface area contributed by atoms with Gasteiger partial charge in [0.05, 0.1) is 11.3 Å². The van der Waals surface area contributed by atoms with Gasteiger partial charge in [-0.25, -0.2) is 18.7 Å². The Kier molecular flexibility index (Phi) is 5.93. The molecule has 0 aliphatic carbocycles. The number of H-pyrrole nitrogens is 1. The summed E-state index contributed by atoms with van der Waals surface area (Å²) >= 11 is 0. The first kappa shape index (κ1) is 23.6. The fraction of sp³-hybridized carbons (Fsp3) is 0.240. The Morgan fingerprint density at radius 1 is 1.16 bits per heavy atom. The van der Waals surface area contributed by atoms with E-state index in [0.717, 1.165) is 25.1 Å². The second kappa shape index (κ2) is 9.56. The van der Waals surface area contributed by atoms with Crippen LogP contribution in [0.1, 0.15) is 40.7 Å². The number of nitrogens with one attached hydrogen (secondary N) is 1. The van der Waals surface area contributed by atoms with Gasteiger partial charge in [0.1, 0.15) is 17.7 Å². The molecule has 1 aliphatic rings. The number of hydrogen-bond donors (Lipinski definition) is 2. The van der Waals surface area contributed by atoms with E-state index >= 15 is 4.39 Å². The highest BCUT2D eigenvalue weighted by Crippen LogP contribution is 2.28. The Bertz CT molecular complexity index is 1670. The fourth-order valence-corrected chi connectivity index (χ4v) is 4.86. The highest BCUT2D eigenvalue weighted by atomic mass is 19.1. The minimum absolute atomic E-state index is 0.00339. The molecule has 1 saturated heterocycles. The molecule has 5 aromatic rings. The van der Waals surface area contributed by atoms with Crippen molar-refractivity contribution in [1.29, 1.82) is 5.26 Å². The third-order valence-electron chi connectivity index (χ3n) is 6.73. The van der Waals surface area contributed by atoms with Crippen LogP contribution in [0.4, 0.5) is 14.7 Å². The molecule has 0 radical (unpaired) electrons. The smallest absolute Gasteiger partial charge is 0.223 e. The van der Waals surface area contributed by atoms with Crippen LogP contribution in [-0.4, -0.2) is 58.2 Å². The van der Waals surface area contributed by atoms with Crippen LogP contribution >= 0.6 is 0 Å². The summed E-state index contributed by atoms with van der Waals surface area (Å²) < 4.78 is 31.1. The molecule has 1 aliphatic heterocycles. The van der Waals surface area contributed by atoms with Crippen molar-refractivity contribution in [3.8, 4) is 17.3 Å². The number of anilines is 1. The Labute approximate surface area is 214 Å². The van der Waals surface area contributed by atoms with Crippen molar-refractivity contribution in [2.45, 2.75) is 25.3 Å². The van der Waals surface area contributed by atoms with E-state index in [0.29, 0.717) is 29.4 Å². The van der Waals surface area contributed by atoms with Crippen molar-refractivity contribution in [1.82, 2.24) is 45.1 Å². The molecule has 0 amide bonds. The van der Waals surface area contributed by atoms with Crippen molar-refractivity contribution in [3.63, 3.8) is 0 Å². The Morgan fingerprint density at radius 2 is 2.03 bits per heavy atom. The van der Waals surface area contributed by atoms with Gasteiger partial charge in [0.25, 0.3) is 0 Å². The van der Waals surface area contributed by atoms with Gasteiger partial charge in [-0.1, -0.05) is 23.4 Å². The highest BCUT2D eigenvalue weighted by Gasteiger charge is 2.27. The summed E-state index contributed by atoms with van der Waals surface area (Å²) in [7, 11) is 0. The van der Waals surface area contributed by atoms with E-state index in [-0.39, 0.29) is 40.9 Å². The average molecular weight is 514 g/mol. The molecule has 190 valence electrons. The third kappa shape index (κ3) is 4.31. The maximum atomic E-state index is 15.0. The van der Waals surface area contributed by atoms with Crippen LogP contribution in [-0.2, 0) is 13.0 Å². The van der Waals surface area contributed by atoms with Gasteiger partial charge in [-0.2, -0.15) is 15.0 Å². The summed E-state index contributed by atoms with van der Waals surface area (Å²) in [4.78, 5) is 11.0. The summed E-state index contributed by atoms with van der Waals surface area (Å²) in [5.74, 6) is 0.165. The van der Waals surface area contributed by atoms with Crippen molar-refractivity contribution in [2.75, 3.05) is 18.8 Å². The first-order chi connectivity index (χ1) is 18.5. The topological polar surface area (TPSA) is 151 Å². The number of benzene rings is 2. The molecular formula is C25H21F2N11. The Hall–Kier alpha value is -4.83. The molecule has 1 unspecified atom stereocenters. The lowest BCUT2D eigenvalue weighted by molar-refractivity contribution is 0.324. The van der Waals surface area contributed by atoms with E-state index in [1.54, 1.807) is 12.1 Å². The van der Waals surface area contributed by atoms with Gasteiger partial charge in [0, 0.05) is 37.1 Å². The van der Waals surface area contributed by atoms with E-state index in [2.05, 4.69) is 40.6 Å². The molecular weight excluding hydrogens is 492 g/mol. The molecule has 1 atom stereocenters. The Balaban J connectivity index is 1.28. The van der Waals surface area contributed by atoms with Gasteiger partial charge < -0.3 is 5.73 Å². The second-order valence-electron chi connectivity index (χ2n) is 9.12. The third-order valence-corrected chi connectivity index (χ3v) is 6.73. The van der Waals surface area contributed by atoms with Crippen molar-refractivity contribution >= 4 is 11.6 Å². The summed E-state index contributed by atoms with van der Waals surface area (Å²) in [6, 6.07) is 12.8. The summed E-state index contributed by atoms with van der Waals surface area (Å²) in [5.41, 5.74) is 8.02. The van der Waals surface area contributed by atoms with Gasteiger partial charge in [-0.3, -0.25) is 4.90 Å². The first-order valence-corrected chi connectivity index (χ1v) is 11.9. The number of hydrogen-bond acceptors (Lipinski definition) is 9. The number of nitrogens with two attached hydrogens (primary N) is 1. The molecule has 1 fully saturated rings. The minimum atomic E-state index is -0.689. The van der Waals surface area contributed by atoms with E-state index < -0.39 is 5.82 Å². The molecule has 3 aromatic heterocycles. The molecule has 6 rings (SSSR count). The van der Waals surface area contributed by atoms with Crippen LogP contribution in [0.25, 0.3) is 16.9 Å². The lowest BCUT2D eigenvalue weighted by Gasteiger charge is -2.18. The number of tetrazole rings is 1. The zero-order chi connectivity index (χ0) is 26.2. The second-order valence-corrected chi connectivity index (χ2v) is 9.12. The number of likely N-dealkylation sites (tertiary alicyclic amines) is 1. The minimum Gasteiger partial charge on any atom is -0.368 e. The van der Waals surface area contributed by atoms with Crippen molar-refractivity contribution in [3.05, 3.63) is 82.4 Å². The van der Waals surface area contributed by atoms with Crippen LogP contribution in [0.3, 0.4) is 0 Å². The monoisotopic (exact) mass is 513 g/mol. The number of nitriles is 1. The van der Waals surface area contributed by atoms with Crippen LogP contribution in [0, 0.1) is 23.0 Å². The summed E-state index contributed by atoms with van der Waals surface area (Å²) in [6.45, 7) is 2.13. The number of aromatic amines is 1. The molecule has 2 aromatic carbocycles. The normalized spacial score (nSPS) is 15.8. The summed E-state index contributed by atoms with van der Waals surface area (Å²) in [5, 5.41) is 27.9. The standard InChI is InChI=1S/C25H21F2N11/c26-19-6-2-4-15(12-37-8-7-16(13-37)24-32-35-36-33-24)18(19)9-21-31-22-10-20(30-25(29)38(22)34-21)17-5-1-3-14(11-28)23(17)27/h1-6,10,16H,7-9,12-13H2,(H2,29,30)(H,32,33,35,36). The van der Waals surface area contributed by atoms with Crippen LogP contribution in [0.2, 0.25) is 0 Å². The molecule has 0 bridgehead atoms. The molecule has 0 spiro atoms. The number of nitrogens with zero attached hydrogens (tertiary/aromatic N) is 9. The predicted octanol–water partition coefficient (Wildman–Crippen LogP) is 2.62. The molecule has 4 heterocycles. The van der Waals surface area contributed by atoms with Gasteiger partial charge in [0.2, 0.25) is 5.95 Å². The number of nitrogen functional groups attached to an aromatic ring is 1. The fourth-order valence-electron chi connectivity index (χ4n) is 4.86.